The summed E-state index contributed by atoms with van der Waals surface area (Å²) in [7, 11) is 0. The number of esters is 1. The highest BCUT2D eigenvalue weighted by Crippen LogP contribution is 2.21. The van der Waals surface area contributed by atoms with Crippen LogP contribution in [0.1, 0.15) is 26.3 Å². The molecule has 0 radical (unpaired) electrons. The molecular weight excluding hydrogens is 204 g/mol. The van der Waals surface area contributed by atoms with Gasteiger partial charge >= 0.3 is 5.97 Å². The Labute approximate surface area is 95.4 Å². The average Bonchev–Trinajstić information content (AvgIpc) is 2.28. The number of carbonyl (C=O) groups is 1. The van der Waals surface area contributed by atoms with E-state index in [0.717, 1.165) is 11.1 Å². The summed E-state index contributed by atoms with van der Waals surface area (Å²) in [6.45, 7) is 5.75. The Morgan fingerprint density at radius 2 is 1.81 bits per heavy atom. The number of allylic oxidation sites excluding steroid dienone is 1. The molecule has 0 aromatic heterocycles. The summed E-state index contributed by atoms with van der Waals surface area (Å²) in [5.41, 5.74) is 2.36. The SMILES string of the molecule is CCOC(=O)/C(C)=C(\C)c1ccc(O)cc1. The number of benzene rings is 1. The molecule has 1 rings (SSSR count). The second-order valence-corrected chi connectivity index (χ2v) is 3.52. The molecule has 0 aliphatic heterocycles. The van der Waals surface area contributed by atoms with Crippen molar-refractivity contribution >= 4 is 11.5 Å². The van der Waals surface area contributed by atoms with Gasteiger partial charge in [0.15, 0.2) is 0 Å². The van der Waals surface area contributed by atoms with Crippen LogP contribution in [-0.2, 0) is 9.53 Å². The molecule has 0 saturated carbocycles. The number of rotatable bonds is 3. The highest BCUT2D eigenvalue weighted by Gasteiger charge is 2.09. The van der Waals surface area contributed by atoms with Gasteiger partial charge in [0.05, 0.1) is 6.61 Å². The summed E-state index contributed by atoms with van der Waals surface area (Å²) in [5, 5.41) is 9.16. The Bertz CT molecular complexity index is 402. The van der Waals surface area contributed by atoms with Crippen molar-refractivity contribution in [1.82, 2.24) is 0 Å². The first-order valence-corrected chi connectivity index (χ1v) is 5.20. The number of ether oxygens (including phenoxy) is 1. The van der Waals surface area contributed by atoms with Gasteiger partial charge in [-0.25, -0.2) is 4.79 Å². The lowest BCUT2D eigenvalue weighted by Crippen LogP contribution is -2.06. The first-order valence-electron chi connectivity index (χ1n) is 5.20. The molecule has 0 fully saturated rings. The Morgan fingerprint density at radius 3 is 2.31 bits per heavy atom. The van der Waals surface area contributed by atoms with E-state index in [2.05, 4.69) is 0 Å². The normalized spacial score (nSPS) is 11.9. The van der Waals surface area contributed by atoms with E-state index in [1.165, 1.54) is 0 Å². The zero-order chi connectivity index (χ0) is 12.1. The lowest BCUT2D eigenvalue weighted by molar-refractivity contribution is -0.138. The van der Waals surface area contributed by atoms with Crippen LogP contribution in [0.3, 0.4) is 0 Å². The summed E-state index contributed by atoms with van der Waals surface area (Å²) in [5.74, 6) is -0.0848. The van der Waals surface area contributed by atoms with Crippen molar-refractivity contribution in [3.63, 3.8) is 0 Å². The van der Waals surface area contributed by atoms with Gasteiger partial charge in [0, 0.05) is 5.57 Å². The zero-order valence-electron chi connectivity index (χ0n) is 9.78. The molecular formula is C13H16O3. The third-order valence-electron chi connectivity index (χ3n) is 2.44. The molecule has 0 heterocycles. The number of phenolic OH excluding ortho intramolecular Hbond substituents is 1. The lowest BCUT2D eigenvalue weighted by Gasteiger charge is -2.07. The highest BCUT2D eigenvalue weighted by molar-refractivity contribution is 5.96. The van der Waals surface area contributed by atoms with E-state index in [4.69, 9.17) is 9.84 Å². The van der Waals surface area contributed by atoms with Crippen LogP contribution in [0.2, 0.25) is 0 Å². The maximum atomic E-state index is 11.5. The molecule has 0 aliphatic carbocycles. The Balaban J connectivity index is 2.99. The van der Waals surface area contributed by atoms with Crippen LogP contribution >= 0.6 is 0 Å². The number of aromatic hydroxyl groups is 1. The van der Waals surface area contributed by atoms with Gasteiger partial charge in [-0.05, 0) is 44.0 Å². The van der Waals surface area contributed by atoms with E-state index >= 15 is 0 Å². The van der Waals surface area contributed by atoms with Crippen molar-refractivity contribution in [3.05, 3.63) is 35.4 Å². The molecule has 86 valence electrons. The largest absolute Gasteiger partial charge is 0.508 e. The number of hydrogen-bond acceptors (Lipinski definition) is 3. The standard InChI is InChI=1S/C13H16O3/c1-4-16-13(15)10(3)9(2)11-5-7-12(14)8-6-11/h5-8,14H,4H2,1-3H3/b10-9+. The lowest BCUT2D eigenvalue weighted by atomic mass is 10.0. The maximum absolute atomic E-state index is 11.5. The second-order valence-electron chi connectivity index (χ2n) is 3.52. The first-order chi connectivity index (χ1) is 7.56. The van der Waals surface area contributed by atoms with Crippen molar-refractivity contribution in [3.8, 4) is 5.75 Å². The van der Waals surface area contributed by atoms with Crippen molar-refractivity contribution in [2.75, 3.05) is 6.61 Å². The minimum Gasteiger partial charge on any atom is -0.508 e. The van der Waals surface area contributed by atoms with E-state index in [9.17, 15) is 4.79 Å². The van der Waals surface area contributed by atoms with Crippen molar-refractivity contribution in [2.24, 2.45) is 0 Å². The van der Waals surface area contributed by atoms with Gasteiger partial charge in [-0.3, -0.25) is 0 Å². The fourth-order valence-corrected chi connectivity index (χ4v) is 1.32. The highest BCUT2D eigenvalue weighted by atomic mass is 16.5. The van der Waals surface area contributed by atoms with Crippen LogP contribution in [0.5, 0.6) is 5.75 Å². The van der Waals surface area contributed by atoms with Gasteiger partial charge in [0.1, 0.15) is 5.75 Å². The summed E-state index contributed by atoms with van der Waals surface area (Å²) in [6, 6.07) is 6.73. The van der Waals surface area contributed by atoms with Crippen LogP contribution in [0.25, 0.3) is 5.57 Å². The van der Waals surface area contributed by atoms with Crippen LogP contribution in [0.15, 0.2) is 29.8 Å². The summed E-state index contributed by atoms with van der Waals surface area (Å²) < 4.78 is 4.92. The zero-order valence-corrected chi connectivity index (χ0v) is 9.78. The van der Waals surface area contributed by atoms with Gasteiger partial charge in [-0.2, -0.15) is 0 Å². The van der Waals surface area contributed by atoms with Gasteiger partial charge in [0.25, 0.3) is 0 Å². The maximum Gasteiger partial charge on any atom is 0.333 e. The van der Waals surface area contributed by atoms with Crippen molar-refractivity contribution in [2.45, 2.75) is 20.8 Å². The summed E-state index contributed by atoms with van der Waals surface area (Å²) in [4.78, 5) is 11.5. The number of carbonyl (C=O) groups excluding carboxylic acids is 1. The van der Waals surface area contributed by atoms with Gasteiger partial charge in [-0.15, -0.1) is 0 Å². The minimum absolute atomic E-state index is 0.213. The first kappa shape index (κ1) is 12.3. The molecule has 0 aliphatic rings. The van der Waals surface area contributed by atoms with Crippen LogP contribution < -0.4 is 0 Å². The van der Waals surface area contributed by atoms with E-state index < -0.39 is 0 Å². The third-order valence-corrected chi connectivity index (χ3v) is 2.44. The van der Waals surface area contributed by atoms with Crippen LogP contribution in [-0.4, -0.2) is 17.7 Å². The van der Waals surface area contributed by atoms with E-state index in [1.807, 2.05) is 6.92 Å². The minimum atomic E-state index is -0.298. The Kier molecular flexibility index (Phi) is 4.11. The summed E-state index contributed by atoms with van der Waals surface area (Å²) >= 11 is 0. The number of phenols is 1. The van der Waals surface area contributed by atoms with Crippen molar-refractivity contribution in [1.29, 1.82) is 0 Å². The smallest absolute Gasteiger partial charge is 0.333 e. The molecule has 1 aromatic rings. The molecule has 0 spiro atoms. The summed E-state index contributed by atoms with van der Waals surface area (Å²) in [6.07, 6.45) is 0. The molecule has 1 N–H and O–H groups in total. The predicted molar refractivity (Wildman–Crippen MR) is 63.0 cm³/mol. The Hall–Kier alpha value is -1.77. The van der Waals surface area contributed by atoms with Gasteiger partial charge in [-0.1, -0.05) is 12.1 Å². The third kappa shape index (κ3) is 2.86. The van der Waals surface area contributed by atoms with E-state index in [0.29, 0.717) is 12.2 Å². The van der Waals surface area contributed by atoms with Crippen molar-refractivity contribution < 1.29 is 14.6 Å². The fraction of sp³-hybridized carbons (Fsp3) is 0.308. The van der Waals surface area contributed by atoms with Gasteiger partial charge in [0.2, 0.25) is 0 Å². The quantitative estimate of drug-likeness (QED) is 0.629. The molecule has 0 unspecified atom stereocenters. The van der Waals surface area contributed by atoms with E-state index in [-0.39, 0.29) is 11.7 Å². The molecule has 0 atom stereocenters. The number of hydrogen-bond donors (Lipinski definition) is 1. The Morgan fingerprint density at radius 1 is 1.25 bits per heavy atom. The van der Waals surface area contributed by atoms with Gasteiger partial charge < -0.3 is 9.84 Å². The van der Waals surface area contributed by atoms with Crippen LogP contribution in [0.4, 0.5) is 0 Å². The van der Waals surface area contributed by atoms with Crippen LogP contribution in [0, 0.1) is 0 Å². The second kappa shape index (κ2) is 5.35. The molecule has 16 heavy (non-hydrogen) atoms. The molecule has 3 heteroatoms. The monoisotopic (exact) mass is 220 g/mol. The average molecular weight is 220 g/mol. The van der Waals surface area contributed by atoms with E-state index in [1.54, 1.807) is 38.1 Å². The molecule has 3 nitrogen and oxygen atoms in total. The molecule has 0 bridgehead atoms. The molecule has 0 amide bonds. The fourth-order valence-electron chi connectivity index (χ4n) is 1.32. The molecule has 1 aromatic carbocycles. The molecule has 0 saturated heterocycles. The topological polar surface area (TPSA) is 46.5 Å². The predicted octanol–water partition coefficient (Wildman–Crippen LogP) is 2.75.